The lowest BCUT2D eigenvalue weighted by atomic mass is 9.92. The molecule has 138 valence electrons. The highest BCUT2D eigenvalue weighted by molar-refractivity contribution is 5.97. The molecule has 2 aromatic rings. The van der Waals surface area contributed by atoms with Crippen LogP contribution in [0.1, 0.15) is 46.3 Å². The second-order valence-electron chi connectivity index (χ2n) is 6.44. The third kappa shape index (κ3) is 3.02. The Labute approximate surface area is 158 Å². The van der Waals surface area contributed by atoms with Crippen LogP contribution in [0.3, 0.4) is 0 Å². The van der Waals surface area contributed by atoms with Gasteiger partial charge in [0.15, 0.2) is 23.0 Å². The quantitative estimate of drug-likeness (QED) is 0.519. The number of esters is 1. The molecule has 2 N–H and O–H groups in total. The summed E-state index contributed by atoms with van der Waals surface area (Å²) in [5, 5.41) is 0. The molecule has 0 bridgehead atoms. The lowest BCUT2D eigenvalue weighted by Gasteiger charge is -2.26. The molecule has 2 aliphatic rings. The fraction of sp³-hybridized carbons (Fsp3) is 0.350. The zero-order chi connectivity index (χ0) is 17.4. The first kappa shape index (κ1) is 18.5. The number of cyclic esters (lactones) is 1. The summed E-state index contributed by atoms with van der Waals surface area (Å²) in [6, 6.07) is 7.57. The Morgan fingerprint density at radius 2 is 1.73 bits per heavy atom. The summed E-state index contributed by atoms with van der Waals surface area (Å²) < 4.78 is 17.6. The first-order valence-electron chi connectivity index (χ1n) is 8.71. The molecule has 2 aromatic carbocycles. The van der Waals surface area contributed by atoms with Crippen molar-refractivity contribution in [2.24, 2.45) is 5.73 Å². The Kier molecular flexibility index (Phi) is 5.39. The zero-order valence-electron chi connectivity index (χ0n) is 14.7. The fourth-order valence-corrected chi connectivity index (χ4v) is 3.50. The van der Waals surface area contributed by atoms with Gasteiger partial charge in [0.05, 0.1) is 5.56 Å². The maximum absolute atomic E-state index is 12.3. The van der Waals surface area contributed by atoms with Gasteiger partial charge in [-0.25, -0.2) is 4.79 Å². The third-order valence-corrected chi connectivity index (χ3v) is 4.83. The topological polar surface area (TPSA) is 70.8 Å². The molecule has 0 amide bonds. The Balaban J connectivity index is 0.00000196. The van der Waals surface area contributed by atoms with Crippen molar-refractivity contribution in [2.45, 2.75) is 39.2 Å². The number of benzene rings is 2. The highest BCUT2D eigenvalue weighted by Crippen LogP contribution is 2.52. The van der Waals surface area contributed by atoms with Gasteiger partial charge < -0.3 is 19.9 Å². The number of halogens is 1. The number of para-hydroxylation sites is 2. The molecule has 6 heteroatoms. The van der Waals surface area contributed by atoms with E-state index in [0.29, 0.717) is 41.7 Å². The van der Waals surface area contributed by atoms with Gasteiger partial charge in [-0.15, -0.1) is 12.4 Å². The molecule has 0 unspecified atom stereocenters. The Bertz CT molecular complexity index is 850. The van der Waals surface area contributed by atoms with Gasteiger partial charge in [-0.3, -0.25) is 0 Å². The minimum absolute atomic E-state index is 0. The smallest absolute Gasteiger partial charge is 0.339 e. The van der Waals surface area contributed by atoms with Crippen LogP contribution < -0.4 is 15.2 Å². The number of hydrogen-bond acceptors (Lipinski definition) is 5. The van der Waals surface area contributed by atoms with Crippen molar-refractivity contribution in [3.05, 3.63) is 46.5 Å². The molecular formula is C20H22ClNO4. The van der Waals surface area contributed by atoms with Crippen LogP contribution >= 0.6 is 12.4 Å². The van der Waals surface area contributed by atoms with Crippen molar-refractivity contribution >= 4 is 18.4 Å². The first-order chi connectivity index (χ1) is 12.2. The van der Waals surface area contributed by atoms with E-state index in [1.54, 1.807) is 0 Å². The van der Waals surface area contributed by atoms with Crippen LogP contribution in [0.5, 0.6) is 23.0 Å². The Morgan fingerprint density at radius 1 is 1.04 bits per heavy atom. The predicted molar refractivity (Wildman–Crippen MR) is 101 cm³/mol. The second kappa shape index (κ2) is 7.56. The third-order valence-electron chi connectivity index (χ3n) is 4.83. The van der Waals surface area contributed by atoms with Gasteiger partial charge in [0.2, 0.25) is 0 Å². The van der Waals surface area contributed by atoms with Crippen LogP contribution in [0, 0.1) is 6.92 Å². The number of rotatable bonds is 5. The molecule has 26 heavy (non-hydrogen) atoms. The average Bonchev–Trinajstić information content (AvgIpc) is 3.02. The maximum Gasteiger partial charge on any atom is 0.339 e. The van der Waals surface area contributed by atoms with Crippen LogP contribution in [0.2, 0.25) is 0 Å². The van der Waals surface area contributed by atoms with Gasteiger partial charge >= 0.3 is 5.97 Å². The number of ether oxygens (including phenoxy) is 3. The van der Waals surface area contributed by atoms with E-state index in [4.69, 9.17) is 19.9 Å². The lowest BCUT2D eigenvalue weighted by Crippen LogP contribution is -2.10. The van der Waals surface area contributed by atoms with Gasteiger partial charge in [-0.1, -0.05) is 18.6 Å². The molecule has 2 heterocycles. The number of fused-ring (bicyclic) bond motifs is 3. The van der Waals surface area contributed by atoms with Crippen LogP contribution in [-0.2, 0) is 17.8 Å². The molecule has 2 aliphatic heterocycles. The van der Waals surface area contributed by atoms with Crippen molar-refractivity contribution in [3.63, 3.8) is 0 Å². The summed E-state index contributed by atoms with van der Waals surface area (Å²) in [4.78, 5) is 12.3. The van der Waals surface area contributed by atoms with Crippen LogP contribution in [0.15, 0.2) is 24.3 Å². The molecule has 0 aliphatic carbocycles. The molecular weight excluding hydrogens is 354 g/mol. The van der Waals surface area contributed by atoms with Gasteiger partial charge in [0.1, 0.15) is 6.61 Å². The Morgan fingerprint density at radius 3 is 2.42 bits per heavy atom. The molecule has 0 saturated carbocycles. The van der Waals surface area contributed by atoms with Crippen LogP contribution in [0.25, 0.3) is 0 Å². The van der Waals surface area contributed by atoms with E-state index >= 15 is 0 Å². The van der Waals surface area contributed by atoms with Gasteiger partial charge in [-0.2, -0.15) is 0 Å². The SMILES string of the molecule is Cc1c2c(c(CCCCCN)c3c1Oc1ccccc1O3)C(=O)OC2.Cl. The molecule has 5 nitrogen and oxygen atoms in total. The van der Waals surface area contributed by atoms with E-state index in [1.807, 2.05) is 31.2 Å². The predicted octanol–water partition coefficient (Wildman–Crippen LogP) is 4.66. The van der Waals surface area contributed by atoms with Crippen molar-refractivity contribution in [1.82, 2.24) is 0 Å². The highest BCUT2D eigenvalue weighted by Gasteiger charge is 2.35. The minimum atomic E-state index is -0.266. The van der Waals surface area contributed by atoms with Crippen LogP contribution in [-0.4, -0.2) is 12.5 Å². The summed E-state index contributed by atoms with van der Waals surface area (Å²) in [5.74, 6) is 2.45. The van der Waals surface area contributed by atoms with Gasteiger partial charge in [-0.05, 0) is 44.9 Å². The van der Waals surface area contributed by atoms with Crippen molar-refractivity contribution < 1.29 is 19.0 Å². The average molecular weight is 376 g/mol. The van der Waals surface area contributed by atoms with Crippen molar-refractivity contribution in [3.8, 4) is 23.0 Å². The van der Waals surface area contributed by atoms with E-state index < -0.39 is 0 Å². The molecule has 0 saturated heterocycles. The minimum Gasteiger partial charge on any atom is -0.457 e. The van der Waals surface area contributed by atoms with Gasteiger partial charge in [0.25, 0.3) is 0 Å². The largest absolute Gasteiger partial charge is 0.457 e. The summed E-state index contributed by atoms with van der Waals surface area (Å²) in [5.41, 5.74) is 8.97. The first-order valence-corrected chi connectivity index (χ1v) is 8.71. The number of nitrogens with two attached hydrogens (primary N) is 1. The number of unbranched alkanes of at least 4 members (excludes halogenated alkanes) is 2. The molecule has 0 radical (unpaired) electrons. The summed E-state index contributed by atoms with van der Waals surface area (Å²) in [6.45, 7) is 2.93. The van der Waals surface area contributed by atoms with E-state index in [-0.39, 0.29) is 18.4 Å². The molecule has 0 aromatic heterocycles. The lowest BCUT2D eigenvalue weighted by molar-refractivity contribution is 0.0534. The zero-order valence-corrected chi connectivity index (χ0v) is 15.5. The molecule has 0 atom stereocenters. The number of hydrogen-bond donors (Lipinski definition) is 1. The summed E-state index contributed by atoms with van der Waals surface area (Å²) in [6.07, 6.45) is 3.67. The monoisotopic (exact) mass is 375 g/mol. The second-order valence-corrected chi connectivity index (χ2v) is 6.44. The normalized spacial score (nSPS) is 13.5. The fourth-order valence-electron chi connectivity index (χ4n) is 3.50. The Hall–Kier alpha value is -2.24. The number of carbonyl (C=O) groups excluding carboxylic acids is 1. The molecule has 0 spiro atoms. The molecule has 4 rings (SSSR count). The standard InChI is InChI=1S/C20H21NO4.ClH/c1-12-14-11-23-20(22)17(14)13(7-3-2-6-10-21)19-18(12)24-15-8-4-5-9-16(15)25-19;/h4-5,8-9H,2-3,6-7,10-11,21H2,1H3;1H. The van der Waals surface area contributed by atoms with Crippen molar-refractivity contribution in [2.75, 3.05) is 6.54 Å². The van der Waals surface area contributed by atoms with E-state index in [1.165, 1.54) is 0 Å². The summed E-state index contributed by atoms with van der Waals surface area (Å²) in [7, 11) is 0. The van der Waals surface area contributed by atoms with E-state index in [2.05, 4.69) is 0 Å². The van der Waals surface area contributed by atoms with Crippen LogP contribution in [0.4, 0.5) is 0 Å². The summed E-state index contributed by atoms with van der Waals surface area (Å²) >= 11 is 0. The highest BCUT2D eigenvalue weighted by atomic mass is 35.5. The van der Waals surface area contributed by atoms with E-state index in [0.717, 1.165) is 42.4 Å². The number of carbonyl (C=O) groups is 1. The molecule has 0 fully saturated rings. The maximum atomic E-state index is 12.3. The van der Waals surface area contributed by atoms with Crippen molar-refractivity contribution in [1.29, 1.82) is 0 Å². The van der Waals surface area contributed by atoms with E-state index in [9.17, 15) is 4.79 Å². The van der Waals surface area contributed by atoms with Gasteiger partial charge in [0, 0.05) is 16.7 Å².